The van der Waals surface area contributed by atoms with Gasteiger partial charge in [0, 0.05) is 11.3 Å². The highest BCUT2D eigenvalue weighted by molar-refractivity contribution is 7.07. The van der Waals surface area contributed by atoms with Gasteiger partial charge < -0.3 is 5.11 Å². The molecule has 0 radical (unpaired) electrons. The minimum atomic E-state index is -0.692. The maximum absolute atomic E-state index is 10.4. The van der Waals surface area contributed by atoms with Crippen molar-refractivity contribution in [3.8, 4) is 0 Å². The minimum absolute atomic E-state index is 0.169. The fourth-order valence-corrected chi connectivity index (χ4v) is 1.82. The van der Waals surface area contributed by atoms with Crippen LogP contribution < -0.4 is 0 Å². The Morgan fingerprint density at radius 2 is 2.64 bits per heavy atom. The molecule has 2 rings (SSSR count). The molecule has 2 atom stereocenters. The normalized spacial score (nSPS) is 28.4. The van der Waals surface area contributed by atoms with E-state index in [1.807, 2.05) is 5.38 Å². The Bertz CT molecular complexity index is 270. The van der Waals surface area contributed by atoms with Crippen LogP contribution in [0.1, 0.15) is 18.0 Å². The number of rotatable bonds is 2. The predicted molar refractivity (Wildman–Crippen MR) is 40.6 cm³/mol. The van der Waals surface area contributed by atoms with Gasteiger partial charge in [0.25, 0.3) is 0 Å². The molecule has 0 unspecified atom stereocenters. The quantitative estimate of drug-likeness (QED) is 0.726. The molecule has 1 aliphatic rings. The lowest BCUT2D eigenvalue weighted by Crippen LogP contribution is -1.98. The number of carboxylic acid groups (broad SMARTS) is 1. The van der Waals surface area contributed by atoms with Gasteiger partial charge >= 0.3 is 5.97 Å². The molecular formula is C7H7NO2S. The second-order valence-corrected chi connectivity index (χ2v) is 3.42. The van der Waals surface area contributed by atoms with Gasteiger partial charge in [-0.2, -0.15) is 0 Å². The molecule has 3 nitrogen and oxygen atoms in total. The average Bonchev–Trinajstić information content (AvgIpc) is 2.60. The summed E-state index contributed by atoms with van der Waals surface area (Å²) in [7, 11) is 0. The monoisotopic (exact) mass is 169 g/mol. The summed E-state index contributed by atoms with van der Waals surface area (Å²) < 4.78 is 0. The molecule has 11 heavy (non-hydrogen) atoms. The predicted octanol–water partition coefficient (Wildman–Crippen LogP) is 1.33. The largest absolute Gasteiger partial charge is 0.481 e. The van der Waals surface area contributed by atoms with Gasteiger partial charge in [-0.15, -0.1) is 11.3 Å². The van der Waals surface area contributed by atoms with Crippen LogP contribution in [0.15, 0.2) is 10.9 Å². The molecule has 4 heteroatoms. The highest BCUT2D eigenvalue weighted by Crippen LogP contribution is 2.47. The number of carboxylic acids is 1. The molecule has 1 heterocycles. The summed E-state index contributed by atoms with van der Waals surface area (Å²) in [5.74, 6) is -0.668. The molecular weight excluding hydrogens is 162 g/mol. The van der Waals surface area contributed by atoms with Gasteiger partial charge in [-0.25, -0.2) is 4.98 Å². The molecule has 1 aliphatic carbocycles. The van der Waals surface area contributed by atoms with E-state index in [-0.39, 0.29) is 11.8 Å². The number of aromatic nitrogens is 1. The fourth-order valence-electron chi connectivity index (χ4n) is 1.20. The van der Waals surface area contributed by atoms with E-state index in [9.17, 15) is 4.79 Å². The number of hydrogen-bond donors (Lipinski definition) is 1. The van der Waals surface area contributed by atoms with Crippen molar-refractivity contribution >= 4 is 17.3 Å². The summed E-state index contributed by atoms with van der Waals surface area (Å²) in [6.07, 6.45) is 0.763. The zero-order chi connectivity index (χ0) is 7.84. The van der Waals surface area contributed by atoms with Crippen molar-refractivity contribution in [3.63, 3.8) is 0 Å². The molecule has 0 saturated heterocycles. The van der Waals surface area contributed by atoms with Gasteiger partial charge in [0.2, 0.25) is 0 Å². The first kappa shape index (κ1) is 6.79. The molecule has 1 aromatic rings. The smallest absolute Gasteiger partial charge is 0.307 e. The minimum Gasteiger partial charge on any atom is -0.481 e. The summed E-state index contributed by atoms with van der Waals surface area (Å²) in [6.45, 7) is 0. The molecule has 0 bridgehead atoms. The summed E-state index contributed by atoms with van der Waals surface area (Å²) in [4.78, 5) is 14.5. The van der Waals surface area contributed by atoms with Crippen LogP contribution in [0.4, 0.5) is 0 Å². The maximum Gasteiger partial charge on any atom is 0.307 e. The van der Waals surface area contributed by atoms with E-state index in [2.05, 4.69) is 4.98 Å². The zero-order valence-electron chi connectivity index (χ0n) is 5.73. The molecule has 0 aromatic carbocycles. The zero-order valence-corrected chi connectivity index (χ0v) is 6.54. The van der Waals surface area contributed by atoms with E-state index < -0.39 is 5.97 Å². The van der Waals surface area contributed by atoms with Crippen LogP contribution in [-0.2, 0) is 4.79 Å². The van der Waals surface area contributed by atoms with Crippen molar-refractivity contribution in [1.82, 2.24) is 4.98 Å². The van der Waals surface area contributed by atoms with E-state index in [1.165, 1.54) is 11.3 Å². The number of carbonyl (C=O) groups is 1. The first-order valence-corrected chi connectivity index (χ1v) is 4.34. The first-order chi connectivity index (χ1) is 5.29. The highest BCUT2D eigenvalue weighted by atomic mass is 32.1. The topological polar surface area (TPSA) is 50.2 Å². The standard InChI is InChI=1S/C7H7NO2S/c9-7(10)5-1-4(5)6-2-11-3-8-6/h2-5H,1H2,(H,9,10)/t4-,5-/m1/s1. The van der Waals surface area contributed by atoms with E-state index in [0.717, 1.165) is 12.1 Å². The summed E-state index contributed by atoms with van der Waals surface area (Å²) in [5.41, 5.74) is 2.69. The van der Waals surface area contributed by atoms with Crippen LogP contribution in [0.25, 0.3) is 0 Å². The molecule has 0 spiro atoms. The highest BCUT2D eigenvalue weighted by Gasteiger charge is 2.45. The van der Waals surface area contributed by atoms with E-state index in [1.54, 1.807) is 5.51 Å². The third kappa shape index (κ3) is 1.14. The lowest BCUT2D eigenvalue weighted by Gasteiger charge is -1.88. The van der Waals surface area contributed by atoms with Crippen molar-refractivity contribution in [2.45, 2.75) is 12.3 Å². The van der Waals surface area contributed by atoms with Crippen molar-refractivity contribution < 1.29 is 9.90 Å². The summed E-state index contributed by atoms with van der Waals surface area (Å²) in [6, 6.07) is 0. The number of thiazole rings is 1. The van der Waals surface area contributed by atoms with Gasteiger partial charge in [0.05, 0.1) is 17.1 Å². The summed E-state index contributed by atoms with van der Waals surface area (Å²) >= 11 is 1.52. The van der Waals surface area contributed by atoms with Crippen LogP contribution in [0.3, 0.4) is 0 Å². The Kier molecular flexibility index (Phi) is 1.42. The number of hydrogen-bond acceptors (Lipinski definition) is 3. The van der Waals surface area contributed by atoms with Gasteiger partial charge in [-0.05, 0) is 6.42 Å². The van der Waals surface area contributed by atoms with Crippen molar-refractivity contribution in [2.75, 3.05) is 0 Å². The van der Waals surface area contributed by atoms with Gasteiger partial charge in [0.1, 0.15) is 0 Å². The average molecular weight is 169 g/mol. The van der Waals surface area contributed by atoms with Crippen LogP contribution in [0.2, 0.25) is 0 Å². The van der Waals surface area contributed by atoms with Gasteiger partial charge in [0.15, 0.2) is 0 Å². The van der Waals surface area contributed by atoms with Crippen LogP contribution in [0.5, 0.6) is 0 Å². The molecule has 1 saturated carbocycles. The molecule has 1 N–H and O–H groups in total. The SMILES string of the molecule is O=C(O)[C@@H]1C[C@H]1c1cscn1. The van der Waals surface area contributed by atoms with E-state index >= 15 is 0 Å². The Hall–Kier alpha value is -0.900. The molecule has 0 amide bonds. The van der Waals surface area contributed by atoms with Crippen molar-refractivity contribution in [2.24, 2.45) is 5.92 Å². The van der Waals surface area contributed by atoms with Crippen molar-refractivity contribution in [1.29, 1.82) is 0 Å². The second-order valence-electron chi connectivity index (χ2n) is 2.70. The fraction of sp³-hybridized carbons (Fsp3) is 0.429. The molecule has 58 valence electrons. The van der Waals surface area contributed by atoms with Gasteiger partial charge in [-0.3, -0.25) is 4.79 Å². The van der Waals surface area contributed by atoms with Crippen LogP contribution in [0, 0.1) is 5.92 Å². The lowest BCUT2D eigenvalue weighted by atomic mass is 10.2. The van der Waals surface area contributed by atoms with E-state index in [4.69, 9.17) is 5.11 Å². The second kappa shape index (κ2) is 2.30. The molecule has 1 aromatic heterocycles. The first-order valence-electron chi connectivity index (χ1n) is 3.40. The van der Waals surface area contributed by atoms with Crippen LogP contribution in [-0.4, -0.2) is 16.1 Å². The third-order valence-corrected chi connectivity index (χ3v) is 2.54. The van der Waals surface area contributed by atoms with Crippen LogP contribution >= 0.6 is 11.3 Å². The Morgan fingerprint density at radius 1 is 1.82 bits per heavy atom. The number of nitrogens with zero attached hydrogens (tertiary/aromatic N) is 1. The van der Waals surface area contributed by atoms with Gasteiger partial charge in [-0.1, -0.05) is 0 Å². The Labute approximate surface area is 67.7 Å². The Morgan fingerprint density at radius 3 is 3.09 bits per heavy atom. The molecule has 1 fully saturated rings. The lowest BCUT2D eigenvalue weighted by molar-refractivity contribution is -0.138. The third-order valence-electron chi connectivity index (χ3n) is 1.94. The molecule has 0 aliphatic heterocycles. The summed E-state index contributed by atoms with van der Waals surface area (Å²) in [5, 5.41) is 10.5. The van der Waals surface area contributed by atoms with Crippen molar-refractivity contribution in [3.05, 3.63) is 16.6 Å². The Balaban J connectivity index is 2.08. The number of aliphatic carboxylic acids is 1. The van der Waals surface area contributed by atoms with E-state index in [0.29, 0.717) is 0 Å². The maximum atomic E-state index is 10.4.